The zero-order valence-electron chi connectivity index (χ0n) is 12.5. The maximum atomic E-state index is 13.3. The molecule has 1 atom stereocenters. The van der Waals surface area contributed by atoms with Crippen LogP contribution in [0.1, 0.15) is 25.2 Å². The van der Waals surface area contributed by atoms with Crippen LogP contribution in [0.3, 0.4) is 0 Å². The molecule has 1 aliphatic heterocycles. The molecule has 1 fully saturated rings. The molecule has 1 aliphatic rings. The number of halogens is 2. The van der Waals surface area contributed by atoms with Gasteiger partial charge in [-0.3, -0.25) is 0 Å². The number of sulfonamides is 1. The Bertz CT molecular complexity index is 802. The predicted molar refractivity (Wildman–Crippen MR) is 78.2 cm³/mol. The Balaban J connectivity index is 1.85. The average Bonchev–Trinajstić information content (AvgIpc) is 3.14. The number of hydrogen-bond acceptors (Lipinski definition) is 4. The van der Waals surface area contributed by atoms with Gasteiger partial charge in [-0.2, -0.15) is 4.31 Å². The Labute approximate surface area is 132 Å². The summed E-state index contributed by atoms with van der Waals surface area (Å²) in [5.74, 6) is -1.04. The number of benzene rings is 1. The predicted octanol–water partition coefficient (Wildman–Crippen LogP) is 1.75. The topological polar surface area (TPSA) is 68.1 Å². The van der Waals surface area contributed by atoms with Gasteiger partial charge in [0.15, 0.2) is 0 Å². The maximum Gasteiger partial charge on any atom is 0.243 e. The monoisotopic (exact) mass is 342 g/mol. The zero-order valence-corrected chi connectivity index (χ0v) is 13.3. The number of hydrogen-bond donors (Lipinski definition) is 0. The minimum Gasteiger partial charge on any atom is -0.313 e. The van der Waals surface area contributed by atoms with E-state index < -0.39 is 21.7 Å². The Hall–Kier alpha value is -1.87. The lowest BCUT2D eigenvalue weighted by molar-refractivity contribution is 0.445. The van der Waals surface area contributed by atoms with Crippen molar-refractivity contribution in [2.45, 2.75) is 30.7 Å². The quantitative estimate of drug-likeness (QED) is 0.849. The smallest absolute Gasteiger partial charge is 0.243 e. The fraction of sp³-hybridized carbons (Fsp3) is 0.429. The minimum absolute atomic E-state index is 0.0758. The Kier molecular flexibility index (Phi) is 4.15. The van der Waals surface area contributed by atoms with Crippen LogP contribution in [0.25, 0.3) is 0 Å². The average molecular weight is 342 g/mol. The molecule has 124 valence electrons. The van der Waals surface area contributed by atoms with Crippen molar-refractivity contribution in [3.63, 3.8) is 0 Å². The van der Waals surface area contributed by atoms with E-state index in [0.717, 1.165) is 18.0 Å². The van der Waals surface area contributed by atoms with Crippen molar-refractivity contribution in [3.05, 3.63) is 42.0 Å². The van der Waals surface area contributed by atoms with Gasteiger partial charge in [0.25, 0.3) is 0 Å². The van der Waals surface area contributed by atoms with Gasteiger partial charge in [0.05, 0.1) is 10.9 Å². The summed E-state index contributed by atoms with van der Waals surface area (Å²) in [4.78, 5) is -0.366. The van der Waals surface area contributed by atoms with Crippen LogP contribution in [0.15, 0.2) is 29.4 Å². The van der Waals surface area contributed by atoms with Gasteiger partial charge in [0.2, 0.25) is 10.0 Å². The highest BCUT2D eigenvalue weighted by atomic mass is 32.2. The van der Waals surface area contributed by atoms with E-state index in [-0.39, 0.29) is 24.0 Å². The first-order valence-corrected chi connectivity index (χ1v) is 8.70. The summed E-state index contributed by atoms with van der Waals surface area (Å²) < 4.78 is 54.8. The molecule has 9 heteroatoms. The molecule has 1 saturated heterocycles. The van der Waals surface area contributed by atoms with E-state index in [2.05, 4.69) is 10.2 Å². The maximum absolute atomic E-state index is 13.3. The molecule has 0 bridgehead atoms. The fourth-order valence-corrected chi connectivity index (χ4v) is 4.34. The van der Waals surface area contributed by atoms with Crippen LogP contribution >= 0.6 is 0 Å². The molecule has 0 N–H and O–H groups in total. The summed E-state index contributed by atoms with van der Waals surface area (Å²) in [5.41, 5.74) is 0. The summed E-state index contributed by atoms with van der Waals surface area (Å²) in [6.07, 6.45) is 2.88. The lowest BCUT2D eigenvalue weighted by atomic mass is 10.2. The second kappa shape index (κ2) is 5.97. The van der Waals surface area contributed by atoms with E-state index in [1.807, 2.05) is 11.5 Å². The van der Waals surface area contributed by atoms with Gasteiger partial charge < -0.3 is 4.57 Å². The molecule has 1 unspecified atom stereocenters. The molecule has 23 heavy (non-hydrogen) atoms. The van der Waals surface area contributed by atoms with Gasteiger partial charge in [-0.05, 0) is 18.6 Å². The fourth-order valence-electron chi connectivity index (χ4n) is 2.81. The molecule has 2 aromatic rings. The van der Waals surface area contributed by atoms with Crippen LogP contribution in [0.5, 0.6) is 0 Å². The summed E-state index contributed by atoms with van der Waals surface area (Å²) in [7, 11) is -3.93. The van der Waals surface area contributed by atoms with Gasteiger partial charge in [-0.25, -0.2) is 17.2 Å². The molecule has 1 aromatic heterocycles. The van der Waals surface area contributed by atoms with Crippen LogP contribution in [0.4, 0.5) is 8.78 Å². The van der Waals surface area contributed by atoms with Gasteiger partial charge in [-0.15, -0.1) is 10.2 Å². The third-order valence-electron chi connectivity index (χ3n) is 3.96. The van der Waals surface area contributed by atoms with Crippen molar-refractivity contribution in [1.82, 2.24) is 19.1 Å². The standard InChI is InChI=1S/C14H16F2N4O2S/c1-2-14-18-17-9-20(14)12-3-4-19(8-12)23(21,22)13-6-10(15)5-11(16)7-13/h5-7,9,12H,2-4,8H2,1H3. The van der Waals surface area contributed by atoms with Crippen molar-refractivity contribution in [1.29, 1.82) is 0 Å². The number of rotatable bonds is 4. The Morgan fingerprint density at radius 2 is 1.96 bits per heavy atom. The first-order valence-electron chi connectivity index (χ1n) is 7.26. The summed E-state index contributed by atoms with van der Waals surface area (Å²) in [5, 5.41) is 7.85. The molecule has 0 saturated carbocycles. The van der Waals surface area contributed by atoms with Gasteiger partial charge in [0, 0.05) is 25.6 Å². The number of aryl methyl sites for hydroxylation is 1. The molecule has 0 spiro atoms. The van der Waals surface area contributed by atoms with E-state index >= 15 is 0 Å². The van der Waals surface area contributed by atoms with E-state index in [1.54, 1.807) is 6.33 Å². The third kappa shape index (κ3) is 2.98. The first kappa shape index (κ1) is 16.0. The minimum atomic E-state index is -3.93. The van der Waals surface area contributed by atoms with E-state index in [1.165, 1.54) is 4.31 Å². The van der Waals surface area contributed by atoms with E-state index in [0.29, 0.717) is 18.9 Å². The summed E-state index contributed by atoms with van der Waals surface area (Å²) in [6.45, 7) is 2.46. The molecule has 1 aromatic carbocycles. The first-order chi connectivity index (χ1) is 10.9. The van der Waals surface area contributed by atoms with Crippen LogP contribution in [-0.2, 0) is 16.4 Å². The van der Waals surface area contributed by atoms with Crippen molar-refractivity contribution in [2.24, 2.45) is 0 Å². The highest BCUT2D eigenvalue weighted by Gasteiger charge is 2.34. The highest BCUT2D eigenvalue weighted by molar-refractivity contribution is 7.89. The largest absolute Gasteiger partial charge is 0.313 e. The molecule has 2 heterocycles. The Morgan fingerprint density at radius 3 is 2.61 bits per heavy atom. The molecule has 0 amide bonds. The summed E-state index contributed by atoms with van der Waals surface area (Å²) >= 11 is 0. The number of aromatic nitrogens is 3. The molecular weight excluding hydrogens is 326 g/mol. The van der Waals surface area contributed by atoms with E-state index in [9.17, 15) is 17.2 Å². The normalized spacial score (nSPS) is 19.3. The van der Waals surface area contributed by atoms with Crippen molar-refractivity contribution in [2.75, 3.05) is 13.1 Å². The van der Waals surface area contributed by atoms with Gasteiger partial charge in [-0.1, -0.05) is 6.92 Å². The molecule has 0 aliphatic carbocycles. The molecular formula is C14H16F2N4O2S. The highest BCUT2D eigenvalue weighted by Crippen LogP contribution is 2.28. The van der Waals surface area contributed by atoms with Crippen LogP contribution in [-0.4, -0.2) is 40.6 Å². The van der Waals surface area contributed by atoms with Gasteiger partial charge in [0.1, 0.15) is 23.8 Å². The lowest BCUT2D eigenvalue weighted by Gasteiger charge is -2.17. The second-order valence-corrected chi connectivity index (χ2v) is 7.36. The molecule has 6 nitrogen and oxygen atoms in total. The SMILES string of the molecule is CCc1nncn1C1CCN(S(=O)(=O)c2cc(F)cc(F)c2)C1. The van der Waals surface area contributed by atoms with Crippen molar-refractivity contribution >= 4 is 10.0 Å². The van der Waals surface area contributed by atoms with Crippen LogP contribution < -0.4 is 0 Å². The van der Waals surface area contributed by atoms with E-state index in [4.69, 9.17) is 0 Å². The van der Waals surface area contributed by atoms with Gasteiger partial charge >= 0.3 is 0 Å². The number of nitrogens with zero attached hydrogens (tertiary/aromatic N) is 4. The molecule has 3 rings (SSSR count). The molecule has 0 radical (unpaired) electrons. The van der Waals surface area contributed by atoms with Crippen molar-refractivity contribution < 1.29 is 17.2 Å². The zero-order chi connectivity index (χ0) is 16.6. The van der Waals surface area contributed by atoms with Crippen LogP contribution in [0, 0.1) is 11.6 Å². The second-order valence-electron chi connectivity index (χ2n) is 5.42. The Morgan fingerprint density at radius 1 is 1.26 bits per heavy atom. The third-order valence-corrected chi connectivity index (χ3v) is 5.80. The lowest BCUT2D eigenvalue weighted by Crippen LogP contribution is -2.29. The van der Waals surface area contributed by atoms with Crippen LogP contribution in [0.2, 0.25) is 0 Å². The summed E-state index contributed by atoms with van der Waals surface area (Å²) in [6, 6.07) is 2.24. The van der Waals surface area contributed by atoms with Crippen molar-refractivity contribution in [3.8, 4) is 0 Å².